The van der Waals surface area contributed by atoms with Gasteiger partial charge < -0.3 is 9.64 Å². The van der Waals surface area contributed by atoms with Crippen LogP contribution < -0.4 is 0 Å². The topological polar surface area (TPSA) is 12.5 Å². The van der Waals surface area contributed by atoms with Gasteiger partial charge in [-0.1, -0.05) is 0 Å². The zero-order valence-corrected chi connectivity index (χ0v) is 5.55. The molecule has 1 fully saturated rings. The summed E-state index contributed by atoms with van der Waals surface area (Å²) < 4.78 is 4.97. The molecule has 0 saturated carbocycles. The van der Waals surface area contributed by atoms with Crippen LogP contribution in [0.25, 0.3) is 0 Å². The summed E-state index contributed by atoms with van der Waals surface area (Å²) in [7, 11) is 3.89. The third-order valence-electron chi connectivity index (χ3n) is 1.80. The summed E-state index contributed by atoms with van der Waals surface area (Å²) >= 11 is 0. The molecule has 48 valence electrons. The molecule has 0 spiro atoms. The Hall–Kier alpha value is -0.0800. The van der Waals surface area contributed by atoms with Gasteiger partial charge in [-0.15, -0.1) is 0 Å². The molecular weight excluding hydrogens is 102 g/mol. The predicted octanol–water partition coefficient (Wildman–Crippen LogP) is 0.337. The quantitative estimate of drug-likeness (QED) is 0.514. The van der Waals surface area contributed by atoms with Crippen LogP contribution in [-0.2, 0) is 4.74 Å². The molecule has 0 aromatic heterocycles. The molecule has 0 N–H and O–H groups in total. The number of likely N-dealkylation sites (tertiary alicyclic amines) is 1. The van der Waals surface area contributed by atoms with E-state index in [1.807, 2.05) is 0 Å². The first-order valence-electron chi connectivity index (χ1n) is 3.04. The Kier molecular flexibility index (Phi) is 1.86. The second-order valence-electron chi connectivity index (χ2n) is 2.38. The first kappa shape index (κ1) is 6.05. The lowest BCUT2D eigenvalue weighted by Gasteiger charge is -2.37. The number of nitrogens with zero attached hydrogens (tertiary/aromatic N) is 1. The summed E-state index contributed by atoms with van der Waals surface area (Å²) in [6.07, 6.45) is 1.31. The summed E-state index contributed by atoms with van der Waals surface area (Å²) in [4.78, 5) is 2.31. The van der Waals surface area contributed by atoms with Gasteiger partial charge in [-0.25, -0.2) is 0 Å². The van der Waals surface area contributed by atoms with Crippen molar-refractivity contribution in [2.75, 3.05) is 27.3 Å². The summed E-state index contributed by atoms with van der Waals surface area (Å²) in [6.45, 7) is 2.14. The van der Waals surface area contributed by atoms with Gasteiger partial charge in [0, 0.05) is 13.2 Å². The van der Waals surface area contributed by atoms with Crippen molar-refractivity contribution in [3.63, 3.8) is 0 Å². The molecule has 2 heteroatoms. The molecule has 1 saturated heterocycles. The number of rotatable bonds is 2. The second-order valence-corrected chi connectivity index (χ2v) is 2.38. The van der Waals surface area contributed by atoms with Crippen LogP contribution in [0.4, 0.5) is 0 Å². The zero-order chi connectivity index (χ0) is 5.98. The number of likely N-dealkylation sites (N-methyl/N-ethyl adjacent to an activating group) is 1. The Bertz CT molecular complexity index is 74.9. The molecule has 8 heavy (non-hydrogen) atoms. The average molecular weight is 115 g/mol. The fraction of sp³-hybridized carbons (Fsp3) is 1.00. The number of methoxy groups -OCH3 is 1. The third kappa shape index (κ3) is 1.01. The molecule has 1 aliphatic heterocycles. The molecule has 1 rings (SSSR count). The fourth-order valence-electron chi connectivity index (χ4n) is 0.973. The maximum absolute atomic E-state index is 4.97. The highest BCUT2D eigenvalue weighted by Gasteiger charge is 2.22. The second kappa shape index (κ2) is 2.46. The molecule has 0 bridgehead atoms. The zero-order valence-electron chi connectivity index (χ0n) is 5.55. The van der Waals surface area contributed by atoms with E-state index in [0.29, 0.717) is 6.04 Å². The maximum atomic E-state index is 4.97. The summed E-state index contributed by atoms with van der Waals surface area (Å²) in [6, 6.07) is 0.708. The lowest BCUT2D eigenvalue weighted by atomic mass is 10.1. The van der Waals surface area contributed by atoms with E-state index in [0.717, 1.165) is 6.61 Å². The summed E-state index contributed by atoms with van der Waals surface area (Å²) in [5.74, 6) is 0. The van der Waals surface area contributed by atoms with Crippen LogP contribution in [0.1, 0.15) is 6.42 Å². The van der Waals surface area contributed by atoms with Crippen molar-refractivity contribution < 1.29 is 4.74 Å². The van der Waals surface area contributed by atoms with Crippen molar-refractivity contribution in [3.8, 4) is 0 Å². The minimum Gasteiger partial charge on any atom is -0.383 e. The van der Waals surface area contributed by atoms with Crippen LogP contribution >= 0.6 is 0 Å². The smallest absolute Gasteiger partial charge is 0.0618 e. The highest BCUT2D eigenvalue weighted by atomic mass is 16.5. The largest absolute Gasteiger partial charge is 0.383 e. The monoisotopic (exact) mass is 115 g/mol. The van der Waals surface area contributed by atoms with Gasteiger partial charge >= 0.3 is 0 Å². The minimum atomic E-state index is 0.708. The average Bonchev–Trinajstić information content (AvgIpc) is 1.79. The molecule has 0 aromatic rings. The van der Waals surface area contributed by atoms with Crippen molar-refractivity contribution in [3.05, 3.63) is 0 Å². The van der Waals surface area contributed by atoms with Gasteiger partial charge in [0.25, 0.3) is 0 Å². The van der Waals surface area contributed by atoms with Crippen molar-refractivity contribution >= 4 is 0 Å². The number of hydrogen-bond acceptors (Lipinski definition) is 2. The van der Waals surface area contributed by atoms with Gasteiger partial charge in [-0.2, -0.15) is 0 Å². The van der Waals surface area contributed by atoms with Gasteiger partial charge in [0.15, 0.2) is 0 Å². The Labute approximate surface area is 50.4 Å². The first-order valence-corrected chi connectivity index (χ1v) is 3.04. The lowest BCUT2D eigenvalue weighted by Crippen LogP contribution is -2.47. The molecule has 0 aliphatic carbocycles. The molecule has 0 aromatic carbocycles. The van der Waals surface area contributed by atoms with Crippen LogP contribution in [0.2, 0.25) is 0 Å². The molecule has 0 amide bonds. The van der Waals surface area contributed by atoms with E-state index >= 15 is 0 Å². The molecule has 1 heterocycles. The van der Waals surface area contributed by atoms with E-state index in [9.17, 15) is 0 Å². The molecule has 2 nitrogen and oxygen atoms in total. The van der Waals surface area contributed by atoms with Crippen molar-refractivity contribution in [2.45, 2.75) is 12.5 Å². The van der Waals surface area contributed by atoms with Gasteiger partial charge in [-0.05, 0) is 20.0 Å². The maximum Gasteiger partial charge on any atom is 0.0618 e. The molecule has 1 aliphatic rings. The Morgan fingerprint density at radius 1 is 1.75 bits per heavy atom. The lowest BCUT2D eigenvalue weighted by molar-refractivity contribution is 0.0439. The highest BCUT2D eigenvalue weighted by molar-refractivity contribution is 4.78. The molecule has 0 radical (unpaired) electrons. The van der Waals surface area contributed by atoms with E-state index in [2.05, 4.69) is 11.9 Å². The van der Waals surface area contributed by atoms with E-state index in [4.69, 9.17) is 4.74 Å². The number of hydrogen-bond donors (Lipinski definition) is 0. The fourth-order valence-corrected chi connectivity index (χ4v) is 0.973. The van der Waals surface area contributed by atoms with Crippen LogP contribution in [-0.4, -0.2) is 38.3 Å². The van der Waals surface area contributed by atoms with Crippen LogP contribution in [0.3, 0.4) is 0 Å². The normalized spacial score (nSPS) is 30.0. The minimum absolute atomic E-state index is 0.708. The van der Waals surface area contributed by atoms with Crippen LogP contribution in [0, 0.1) is 0 Å². The standard InChI is InChI=1S/C6H13NO/c1-7-4-3-6(7)5-8-2/h6H,3-5H2,1-2H3. The summed E-state index contributed by atoms with van der Waals surface area (Å²) in [5, 5.41) is 0. The van der Waals surface area contributed by atoms with Crippen LogP contribution in [0.15, 0.2) is 0 Å². The van der Waals surface area contributed by atoms with Gasteiger partial charge in [-0.3, -0.25) is 0 Å². The van der Waals surface area contributed by atoms with E-state index in [-0.39, 0.29) is 0 Å². The summed E-state index contributed by atoms with van der Waals surface area (Å²) in [5.41, 5.74) is 0. The van der Waals surface area contributed by atoms with Gasteiger partial charge in [0.2, 0.25) is 0 Å². The van der Waals surface area contributed by atoms with Crippen LogP contribution in [0.5, 0.6) is 0 Å². The van der Waals surface area contributed by atoms with Gasteiger partial charge in [0.05, 0.1) is 6.61 Å². The third-order valence-corrected chi connectivity index (χ3v) is 1.80. The van der Waals surface area contributed by atoms with Crippen molar-refractivity contribution in [1.82, 2.24) is 4.90 Å². The van der Waals surface area contributed by atoms with E-state index < -0.39 is 0 Å². The molecule has 1 unspecified atom stereocenters. The SMILES string of the molecule is COCC1CCN1C. The first-order chi connectivity index (χ1) is 3.84. The predicted molar refractivity (Wildman–Crippen MR) is 32.9 cm³/mol. The molecule has 1 atom stereocenters. The van der Waals surface area contributed by atoms with E-state index in [1.165, 1.54) is 13.0 Å². The van der Waals surface area contributed by atoms with E-state index in [1.54, 1.807) is 7.11 Å². The Morgan fingerprint density at radius 2 is 2.50 bits per heavy atom. The molecular formula is C6H13NO. The Balaban J connectivity index is 2.08. The Morgan fingerprint density at radius 3 is 2.62 bits per heavy atom. The number of ether oxygens (including phenoxy) is 1. The van der Waals surface area contributed by atoms with Crippen molar-refractivity contribution in [1.29, 1.82) is 0 Å². The van der Waals surface area contributed by atoms with Gasteiger partial charge in [0.1, 0.15) is 0 Å². The highest BCUT2D eigenvalue weighted by Crippen LogP contribution is 2.13. The van der Waals surface area contributed by atoms with Crippen molar-refractivity contribution in [2.24, 2.45) is 0 Å².